The van der Waals surface area contributed by atoms with Crippen LogP contribution in [0.15, 0.2) is 36.4 Å². The Balaban J connectivity index is 2.21. The molecule has 21 heavy (non-hydrogen) atoms. The molecule has 0 heterocycles. The quantitative estimate of drug-likeness (QED) is 0.862. The lowest BCUT2D eigenvalue weighted by Gasteiger charge is -2.11. The maximum Gasteiger partial charge on any atom is 0.130 e. The molecule has 0 aliphatic heterocycles. The third-order valence-electron chi connectivity index (χ3n) is 2.80. The normalized spacial score (nSPS) is 10.2. The summed E-state index contributed by atoms with van der Waals surface area (Å²) in [4.78, 5) is 0.190. The fourth-order valence-corrected chi connectivity index (χ4v) is 1.85. The molecule has 2 N–H and O–H groups in total. The fraction of sp³-hybridized carbons (Fsp3) is 0.133. The van der Waals surface area contributed by atoms with E-state index < -0.39 is 11.6 Å². The number of methoxy groups -OCH3 is 1. The molecular formula is C15H13F2NO2S. The second kappa shape index (κ2) is 6.49. The van der Waals surface area contributed by atoms with Crippen LogP contribution in [-0.2, 0) is 6.61 Å². The summed E-state index contributed by atoms with van der Waals surface area (Å²) < 4.78 is 37.2. The Kier molecular flexibility index (Phi) is 4.70. The molecule has 0 aliphatic rings. The summed E-state index contributed by atoms with van der Waals surface area (Å²) in [5, 5.41) is 0. The third kappa shape index (κ3) is 3.88. The summed E-state index contributed by atoms with van der Waals surface area (Å²) in [5.74, 6) is -0.144. The molecule has 0 fully saturated rings. The predicted octanol–water partition coefficient (Wildman–Crippen LogP) is 3.19. The molecule has 6 heteroatoms. The smallest absolute Gasteiger partial charge is 0.130 e. The summed E-state index contributed by atoms with van der Waals surface area (Å²) in [6.45, 7) is -0.118. The Bertz CT molecular complexity index is 677. The van der Waals surface area contributed by atoms with Crippen molar-refractivity contribution < 1.29 is 18.3 Å². The van der Waals surface area contributed by atoms with Gasteiger partial charge in [0, 0.05) is 17.2 Å². The van der Waals surface area contributed by atoms with Crippen molar-refractivity contribution in [3.63, 3.8) is 0 Å². The molecule has 0 spiro atoms. The second-order valence-corrected chi connectivity index (χ2v) is 4.73. The Morgan fingerprint density at radius 2 is 1.86 bits per heavy atom. The lowest BCUT2D eigenvalue weighted by atomic mass is 10.2. The van der Waals surface area contributed by atoms with Gasteiger partial charge in [-0.25, -0.2) is 8.78 Å². The van der Waals surface area contributed by atoms with E-state index in [1.54, 1.807) is 18.2 Å². The van der Waals surface area contributed by atoms with E-state index in [0.717, 1.165) is 18.2 Å². The zero-order valence-electron chi connectivity index (χ0n) is 11.2. The number of halogens is 2. The summed E-state index contributed by atoms with van der Waals surface area (Å²) in [6, 6.07) is 8.08. The van der Waals surface area contributed by atoms with Crippen LogP contribution in [0.2, 0.25) is 0 Å². The number of ether oxygens (including phenoxy) is 2. The van der Waals surface area contributed by atoms with Crippen LogP contribution in [0.1, 0.15) is 11.1 Å². The van der Waals surface area contributed by atoms with Gasteiger partial charge in [-0.3, -0.25) is 0 Å². The second-order valence-electron chi connectivity index (χ2n) is 4.29. The molecule has 0 bridgehead atoms. The van der Waals surface area contributed by atoms with E-state index in [4.69, 9.17) is 27.4 Å². The van der Waals surface area contributed by atoms with Crippen molar-refractivity contribution in [2.45, 2.75) is 6.61 Å². The lowest BCUT2D eigenvalue weighted by molar-refractivity contribution is 0.296. The van der Waals surface area contributed by atoms with Crippen LogP contribution < -0.4 is 15.2 Å². The van der Waals surface area contributed by atoms with Crippen LogP contribution in [0.5, 0.6) is 11.5 Å². The van der Waals surface area contributed by atoms with Crippen molar-refractivity contribution in [1.82, 2.24) is 0 Å². The van der Waals surface area contributed by atoms with E-state index in [-0.39, 0.29) is 17.2 Å². The first kappa shape index (κ1) is 15.2. The molecule has 0 saturated heterocycles. The fourth-order valence-electron chi connectivity index (χ4n) is 1.73. The number of nitrogens with two attached hydrogens (primary N) is 1. The van der Waals surface area contributed by atoms with E-state index in [9.17, 15) is 8.78 Å². The van der Waals surface area contributed by atoms with Crippen molar-refractivity contribution in [3.8, 4) is 11.5 Å². The van der Waals surface area contributed by atoms with Gasteiger partial charge in [-0.2, -0.15) is 0 Å². The minimum absolute atomic E-state index is 0.118. The molecule has 0 saturated carbocycles. The van der Waals surface area contributed by atoms with Crippen LogP contribution >= 0.6 is 12.2 Å². The first-order valence-corrected chi connectivity index (χ1v) is 6.46. The van der Waals surface area contributed by atoms with Gasteiger partial charge in [-0.05, 0) is 30.3 Å². The van der Waals surface area contributed by atoms with Gasteiger partial charge in [-0.15, -0.1) is 0 Å². The lowest BCUT2D eigenvalue weighted by Crippen LogP contribution is -2.10. The van der Waals surface area contributed by atoms with Crippen molar-refractivity contribution in [2.75, 3.05) is 7.11 Å². The zero-order chi connectivity index (χ0) is 15.4. The highest BCUT2D eigenvalue weighted by Crippen LogP contribution is 2.24. The van der Waals surface area contributed by atoms with Crippen LogP contribution in [0, 0.1) is 11.6 Å². The molecule has 3 nitrogen and oxygen atoms in total. The first-order chi connectivity index (χ1) is 9.99. The highest BCUT2D eigenvalue weighted by molar-refractivity contribution is 7.80. The molecule has 0 aromatic heterocycles. The van der Waals surface area contributed by atoms with Gasteiger partial charge in [0.1, 0.15) is 34.7 Å². The highest BCUT2D eigenvalue weighted by atomic mass is 32.1. The van der Waals surface area contributed by atoms with Gasteiger partial charge in [0.05, 0.1) is 7.11 Å². The average Bonchev–Trinajstić information content (AvgIpc) is 2.47. The summed E-state index contributed by atoms with van der Waals surface area (Å²) in [5.41, 5.74) is 6.26. The van der Waals surface area contributed by atoms with E-state index in [0.29, 0.717) is 17.1 Å². The monoisotopic (exact) mass is 309 g/mol. The van der Waals surface area contributed by atoms with Crippen LogP contribution in [0.4, 0.5) is 8.78 Å². The summed E-state index contributed by atoms with van der Waals surface area (Å²) in [7, 11) is 1.49. The van der Waals surface area contributed by atoms with Crippen molar-refractivity contribution in [2.24, 2.45) is 5.73 Å². The topological polar surface area (TPSA) is 44.5 Å². The van der Waals surface area contributed by atoms with Crippen LogP contribution in [0.3, 0.4) is 0 Å². The van der Waals surface area contributed by atoms with Crippen molar-refractivity contribution in [3.05, 3.63) is 59.2 Å². The van der Waals surface area contributed by atoms with Gasteiger partial charge in [0.25, 0.3) is 0 Å². The minimum Gasteiger partial charge on any atom is -0.497 e. The molecular weight excluding hydrogens is 296 g/mol. The molecule has 0 unspecified atom stereocenters. The Morgan fingerprint density at radius 1 is 1.14 bits per heavy atom. The maximum absolute atomic E-state index is 13.5. The van der Waals surface area contributed by atoms with Gasteiger partial charge in [0.15, 0.2) is 0 Å². The molecule has 0 aliphatic carbocycles. The molecule has 0 radical (unpaired) electrons. The van der Waals surface area contributed by atoms with Crippen molar-refractivity contribution >= 4 is 17.2 Å². The van der Waals surface area contributed by atoms with Crippen LogP contribution in [0.25, 0.3) is 0 Å². The van der Waals surface area contributed by atoms with Crippen molar-refractivity contribution in [1.29, 1.82) is 0 Å². The van der Waals surface area contributed by atoms with Crippen LogP contribution in [-0.4, -0.2) is 12.1 Å². The largest absolute Gasteiger partial charge is 0.497 e. The number of hydrogen-bond donors (Lipinski definition) is 1. The first-order valence-electron chi connectivity index (χ1n) is 6.05. The highest BCUT2D eigenvalue weighted by Gasteiger charge is 2.08. The molecule has 2 rings (SSSR count). The molecule has 0 atom stereocenters. The van der Waals surface area contributed by atoms with E-state index in [1.165, 1.54) is 7.11 Å². The number of thiocarbonyl (C=S) groups is 1. The number of benzene rings is 2. The standard InChI is InChI=1S/C15H13F2NO2S/c1-19-12-5-9(15(18)21)6-13(7-12)20-8-10-4-11(16)2-3-14(10)17/h2-7H,8H2,1H3,(H2,18,21). The number of hydrogen-bond acceptors (Lipinski definition) is 3. The number of rotatable bonds is 5. The van der Waals surface area contributed by atoms with E-state index >= 15 is 0 Å². The summed E-state index contributed by atoms with van der Waals surface area (Å²) in [6.07, 6.45) is 0. The molecule has 110 valence electrons. The maximum atomic E-state index is 13.5. The predicted molar refractivity (Wildman–Crippen MR) is 79.6 cm³/mol. The zero-order valence-corrected chi connectivity index (χ0v) is 12.0. The Hall–Kier alpha value is -2.21. The SMILES string of the molecule is COc1cc(OCc2cc(F)ccc2F)cc(C(N)=S)c1. The minimum atomic E-state index is -0.533. The van der Waals surface area contributed by atoms with E-state index in [1.807, 2.05) is 0 Å². The Labute approximate surface area is 126 Å². The van der Waals surface area contributed by atoms with Gasteiger partial charge >= 0.3 is 0 Å². The summed E-state index contributed by atoms with van der Waals surface area (Å²) >= 11 is 4.90. The van der Waals surface area contributed by atoms with Gasteiger partial charge in [0.2, 0.25) is 0 Å². The molecule has 0 amide bonds. The van der Waals surface area contributed by atoms with Gasteiger partial charge < -0.3 is 15.2 Å². The van der Waals surface area contributed by atoms with Gasteiger partial charge in [-0.1, -0.05) is 12.2 Å². The molecule has 2 aromatic carbocycles. The average molecular weight is 309 g/mol. The van der Waals surface area contributed by atoms with E-state index in [2.05, 4.69) is 0 Å². The molecule has 2 aromatic rings. The Morgan fingerprint density at radius 3 is 2.52 bits per heavy atom. The third-order valence-corrected chi connectivity index (χ3v) is 3.04.